The van der Waals surface area contributed by atoms with Crippen LogP contribution >= 0.6 is 11.3 Å². The fourth-order valence-corrected chi connectivity index (χ4v) is 4.11. The second-order valence-corrected chi connectivity index (χ2v) is 7.97. The molecule has 0 saturated heterocycles. The van der Waals surface area contributed by atoms with E-state index in [2.05, 4.69) is 30.2 Å². The van der Waals surface area contributed by atoms with Gasteiger partial charge in [0.25, 0.3) is 0 Å². The van der Waals surface area contributed by atoms with Crippen LogP contribution in [0.15, 0.2) is 43.0 Å². The lowest BCUT2D eigenvalue weighted by Crippen LogP contribution is -2.06. The zero-order valence-electron chi connectivity index (χ0n) is 15.5. The highest BCUT2D eigenvalue weighted by Gasteiger charge is 2.16. The number of hydrogen-bond donors (Lipinski definition) is 1. The standard InChI is InChI=1S/C20H19N5O2S/c1-12(2)17-8-14-18(22-9-13-3-4-15-16(7-13)27-11-26-15)23-20(24-19(14)28-17)25-6-5-21-10-25/h3-8,10,12H,9,11H2,1-2H3,(H,22,23,24). The van der Waals surface area contributed by atoms with E-state index in [-0.39, 0.29) is 6.79 Å². The molecule has 0 saturated carbocycles. The number of imidazole rings is 1. The molecule has 0 atom stereocenters. The van der Waals surface area contributed by atoms with Crippen LogP contribution < -0.4 is 14.8 Å². The van der Waals surface area contributed by atoms with E-state index >= 15 is 0 Å². The van der Waals surface area contributed by atoms with Gasteiger partial charge in [-0.15, -0.1) is 11.3 Å². The van der Waals surface area contributed by atoms with Crippen molar-refractivity contribution in [3.05, 3.63) is 53.4 Å². The first-order valence-electron chi connectivity index (χ1n) is 9.09. The molecule has 142 valence electrons. The number of fused-ring (bicyclic) bond motifs is 2. The summed E-state index contributed by atoms with van der Waals surface area (Å²) in [5, 5.41) is 4.52. The summed E-state index contributed by atoms with van der Waals surface area (Å²) in [4.78, 5) is 15.9. The minimum atomic E-state index is 0.278. The molecule has 0 fully saturated rings. The molecule has 3 aromatic heterocycles. The Bertz CT molecular complexity index is 1140. The van der Waals surface area contributed by atoms with Gasteiger partial charge in [0.05, 0.1) is 5.39 Å². The molecule has 4 aromatic rings. The molecule has 7 nitrogen and oxygen atoms in total. The van der Waals surface area contributed by atoms with Crippen LogP contribution in [0.25, 0.3) is 16.2 Å². The summed E-state index contributed by atoms with van der Waals surface area (Å²) in [5.41, 5.74) is 1.10. The first-order valence-corrected chi connectivity index (χ1v) is 9.91. The van der Waals surface area contributed by atoms with Gasteiger partial charge in [-0.3, -0.25) is 4.57 Å². The quantitative estimate of drug-likeness (QED) is 0.544. The number of nitrogens with zero attached hydrogens (tertiary/aromatic N) is 4. The van der Waals surface area contributed by atoms with Crippen LogP contribution in [-0.4, -0.2) is 26.3 Å². The summed E-state index contributed by atoms with van der Waals surface area (Å²) >= 11 is 1.71. The molecule has 0 amide bonds. The van der Waals surface area contributed by atoms with Crippen molar-refractivity contribution in [2.75, 3.05) is 12.1 Å². The number of benzene rings is 1. The maximum Gasteiger partial charge on any atom is 0.238 e. The van der Waals surface area contributed by atoms with Crippen molar-refractivity contribution in [1.82, 2.24) is 19.5 Å². The molecular weight excluding hydrogens is 374 g/mol. The predicted molar refractivity (Wildman–Crippen MR) is 109 cm³/mol. The zero-order valence-corrected chi connectivity index (χ0v) is 16.4. The van der Waals surface area contributed by atoms with Gasteiger partial charge in [-0.1, -0.05) is 19.9 Å². The molecule has 1 aliphatic rings. The van der Waals surface area contributed by atoms with Crippen LogP contribution in [0.3, 0.4) is 0 Å². The summed E-state index contributed by atoms with van der Waals surface area (Å²) in [6, 6.07) is 8.15. The predicted octanol–water partition coefficient (Wildman–Crippen LogP) is 4.34. The van der Waals surface area contributed by atoms with E-state index in [1.54, 1.807) is 23.9 Å². The monoisotopic (exact) mass is 393 g/mol. The van der Waals surface area contributed by atoms with Crippen molar-refractivity contribution in [1.29, 1.82) is 0 Å². The molecule has 4 heterocycles. The summed E-state index contributed by atoms with van der Waals surface area (Å²) in [7, 11) is 0. The third-order valence-corrected chi connectivity index (χ3v) is 5.93. The fourth-order valence-electron chi connectivity index (χ4n) is 3.08. The smallest absolute Gasteiger partial charge is 0.238 e. The number of anilines is 1. The fraction of sp³-hybridized carbons (Fsp3) is 0.250. The highest BCUT2D eigenvalue weighted by atomic mass is 32.1. The second-order valence-electron chi connectivity index (χ2n) is 6.91. The average Bonchev–Trinajstić information content (AvgIpc) is 3.45. The van der Waals surface area contributed by atoms with Gasteiger partial charge in [-0.2, -0.15) is 4.98 Å². The van der Waals surface area contributed by atoms with Crippen molar-refractivity contribution in [2.24, 2.45) is 0 Å². The van der Waals surface area contributed by atoms with Crippen molar-refractivity contribution in [3.63, 3.8) is 0 Å². The van der Waals surface area contributed by atoms with Gasteiger partial charge in [0.1, 0.15) is 17.0 Å². The average molecular weight is 393 g/mol. The maximum absolute atomic E-state index is 5.47. The van der Waals surface area contributed by atoms with Crippen LogP contribution in [0, 0.1) is 0 Å². The first kappa shape index (κ1) is 17.0. The Hall–Kier alpha value is -3.13. The van der Waals surface area contributed by atoms with Gasteiger partial charge >= 0.3 is 0 Å². The van der Waals surface area contributed by atoms with Crippen LogP contribution in [0.5, 0.6) is 11.5 Å². The highest BCUT2D eigenvalue weighted by Crippen LogP contribution is 2.35. The number of aromatic nitrogens is 4. The van der Waals surface area contributed by atoms with Crippen LogP contribution in [-0.2, 0) is 6.54 Å². The molecule has 0 spiro atoms. The highest BCUT2D eigenvalue weighted by molar-refractivity contribution is 7.18. The molecule has 1 N–H and O–H groups in total. The Morgan fingerprint density at radius 2 is 2.07 bits per heavy atom. The molecule has 8 heteroatoms. The SMILES string of the molecule is CC(C)c1cc2c(NCc3ccc4c(c3)OCO4)nc(-n3ccnc3)nc2s1. The normalized spacial score (nSPS) is 12.8. The van der Waals surface area contributed by atoms with Gasteiger partial charge in [0.15, 0.2) is 11.5 Å². The van der Waals surface area contributed by atoms with Crippen LogP contribution in [0.4, 0.5) is 5.82 Å². The van der Waals surface area contributed by atoms with E-state index in [0.29, 0.717) is 18.4 Å². The number of hydrogen-bond acceptors (Lipinski definition) is 7. The molecule has 0 radical (unpaired) electrons. The van der Waals surface area contributed by atoms with E-state index in [1.165, 1.54) is 4.88 Å². The zero-order chi connectivity index (χ0) is 19.1. The Morgan fingerprint density at radius 1 is 1.18 bits per heavy atom. The molecule has 1 aliphatic heterocycles. The number of rotatable bonds is 5. The Morgan fingerprint density at radius 3 is 2.89 bits per heavy atom. The lowest BCUT2D eigenvalue weighted by atomic mass is 10.1. The van der Waals surface area contributed by atoms with E-state index in [4.69, 9.17) is 19.4 Å². The Kier molecular flexibility index (Phi) is 4.12. The van der Waals surface area contributed by atoms with Crippen molar-refractivity contribution < 1.29 is 9.47 Å². The third kappa shape index (κ3) is 3.05. The van der Waals surface area contributed by atoms with E-state index < -0.39 is 0 Å². The van der Waals surface area contributed by atoms with Crippen LogP contribution in [0.1, 0.15) is 30.2 Å². The van der Waals surface area contributed by atoms with E-state index in [0.717, 1.165) is 33.1 Å². The first-order chi connectivity index (χ1) is 13.7. The van der Waals surface area contributed by atoms with E-state index in [9.17, 15) is 0 Å². The van der Waals surface area contributed by atoms with E-state index in [1.807, 2.05) is 29.0 Å². The maximum atomic E-state index is 5.47. The topological polar surface area (TPSA) is 74.1 Å². The van der Waals surface area contributed by atoms with Gasteiger partial charge in [0, 0.05) is 23.8 Å². The van der Waals surface area contributed by atoms with Gasteiger partial charge in [-0.25, -0.2) is 9.97 Å². The summed E-state index contributed by atoms with van der Waals surface area (Å²) < 4.78 is 12.7. The third-order valence-electron chi connectivity index (χ3n) is 4.60. The van der Waals surface area contributed by atoms with Crippen LogP contribution in [0.2, 0.25) is 0 Å². The molecule has 1 aromatic carbocycles. The number of ether oxygens (including phenoxy) is 2. The second kappa shape index (κ2) is 6.79. The lowest BCUT2D eigenvalue weighted by molar-refractivity contribution is 0.174. The Balaban J connectivity index is 1.51. The van der Waals surface area contributed by atoms with Crippen molar-refractivity contribution >= 4 is 27.4 Å². The molecule has 0 aliphatic carbocycles. The molecule has 5 rings (SSSR count). The van der Waals surface area contributed by atoms with Gasteiger partial charge in [-0.05, 0) is 29.7 Å². The molecule has 0 unspecified atom stereocenters. The molecule has 0 bridgehead atoms. The van der Waals surface area contributed by atoms with Gasteiger partial charge in [0.2, 0.25) is 12.7 Å². The molecule has 28 heavy (non-hydrogen) atoms. The minimum absolute atomic E-state index is 0.278. The Labute approximate surface area is 166 Å². The lowest BCUT2D eigenvalue weighted by Gasteiger charge is -2.09. The summed E-state index contributed by atoms with van der Waals surface area (Å²) in [5.74, 6) is 3.43. The van der Waals surface area contributed by atoms with Crippen molar-refractivity contribution in [3.8, 4) is 17.4 Å². The summed E-state index contributed by atoms with van der Waals surface area (Å²) in [6.07, 6.45) is 5.28. The molecular formula is C20H19N5O2S. The summed E-state index contributed by atoms with van der Waals surface area (Å²) in [6.45, 7) is 5.28. The van der Waals surface area contributed by atoms with Gasteiger partial charge < -0.3 is 14.8 Å². The number of thiophene rings is 1. The largest absolute Gasteiger partial charge is 0.454 e. The minimum Gasteiger partial charge on any atom is -0.454 e. The van der Waals surface area contributed by atoms with Crippen molar-refractivity contribution in [2.45, 2.75) is 26.3 Å². The number of nitrogens with one attached hydrogen (secondary N) is 1.